The van der Waals surface area contributed by atoms with Crippen LogP contribution in [0.25, 0.3) is 0 Å². The summed E-state index contributed by atoms with van der Waals surface area (Å²) >= 11 is 0. The van der Waals surface area contributed by atoms with E-state index in [1.807, 2.05) is 30.3 Å². The first-order chi connectivity index (χ1) is 15.5. The molecule has 3 N–H and O–H groups in total. The van der Waals surface area contributed by atoms with Crippen LogP contribution >= 0.6 is 0 Å². The molecule has 12 nitrogen and oxygen atoms in total. The molecule has 0 radical (unpaired) electrons. The Bertz CT molecular complexity index is 1190. The standard InChI is InChI=1S/C20H26N2O10S.Na.H/c1-12-8-21(19-17(16(24)15(9-23)32-19)31-13(2)33(27,28)29)20(26)22(18(12)25)11-30-10-14-6-4-3-5-7-14;;/h3-8,13,15-17,19,23-24H,9-11H2,1-2H3,(H,27,28,29);;/q;+1;-1/t13?,15-,16?,17?,19-;;/m0../s1. The number of hydrogen-bond acceptors (Lipinski definition) is 9. The summed E-state index contributed by atoms with van der Waals surface area (Å²) in [5.41, 5.74) is -2.24. The van der Waals surface area contributed by atoms with Gasteiger partial charge in [-0.05, 0) is 19.4 Å². The first-order valence-corrected chi connectivity index (χ1v) is 11.5. The Kier molecular flexibility index (Phi) is 10.2. The number of nitrogens with zero attached hydrogens (tertiary/aromatic N) is 2. The number of benzene rings is 1. The second-order valence-electron chi connectivity index (χ2n) is 7.62. The maximum atomic E-state index is 13.1. The van der Waals surface area contributed by atoms with Crippen molar-refractivity contribution in [3.05, 3.63) is 68.5 Å². The zero-order valence-electron chi connectivity index (χ0n) is 20.0. The Morgan fingerprint density at radius 2 is 1.88 bits per heavy atom. The number of hydrogen-bond donors (Lipinski definition) is 3. The second-order valence-corrected chi connectivity index (χ2v) is 9.31. The molecule has 14 heteroatoms. The molecule has 1 aliphatic rings. The third-order valence-electron chi connectivity index (χ3n) is 5.23. The van der Waals surface area contributed by atoms with E-state index in [9.17, 15) is 32.8 Å². The second kappa shape index (κ2) is 12.0. The summed E-state index contributed by atoms with van der Waals surface area (Å²) in [6, 6.07) is 9.11. The van der Waals surface area contributed by atoms with E-state index in [-0.39, 0.29) is 49.9 Å². The van der Waals surface area contributed by atoms with E-state index in [1.54, 1.807) is 0 Å². The molecule has 1 aliphatic heterocycles. The van der Waals surface area contributed by atoms with Crippen molar-refractivity contribution < 1.29 is 68.4 Å². The smallest absolute Gasteiger partial charge is 1.00 e. The predicted molar refractivity (Wildman–Crippen MR) is 115 cm³/mol. The van der Waals surface area contributed by atoms with Gasteiger partial charge in [-0.2, -0.15) is 8.42 Å². The molecule has 3 rings (SSSR count). The van der Waals surface area contributed by atoms with Crippen molar-refractivity contribution in [2.75, 3.05) is 6.61 Å². The molecule has 0 saturated carbocycles. The van der Waals surface area contributed by atoms with Gasteiger partial charge in [0, 0.05) is 11.8 Å². The van der Waals surface area contributed by atoms with Gasteiger partial charge in [0.05, 0.1) is 13.2 Å². The zero-order chi connectivity index (χ0) is 24.3. The van der Waals surface area contributed by atoms with Gasteiger partial charge in [-0.3, -0.25) is 13.9 Å². The summed E-state index contributed by atoms with van der Waals surface area (Å²) in [6.07, 6.45) is -4.38. The molecule has 2 heterocycles. The largest absolute Gasteiger partial charge is 1.00 e. The topological polar surface area (TPSA) is 167 Å². The van der Waals surface area contributed by atoms with Crippen molar-refractivity contribution in [3.8, 4) is 0 Å². The van der Waals surface area contributed by atoms with Gasteiger partial charge in [0.25, 0.3) is 15.7 Å². The summed E-state index contributed by atoms with van der Waals surface area (Å²) in [5, 5.41) is 19.9. The first kappa shape index (κ1) is 28.8. The maximum Gasteiger partial charge on any atom is 1.00 e. The van der Waals surface area contributed by atoms with Crippen LogP contribution in [0.4, 0.5) is 0 Å². The fourth-order valence-corrected chi connectivity index (χ4v) is 3.68. The van der Waals surface area contributed by atoms with Crippen LogP contribution in [0.1, 0.15) is 25.7 Å². The van der Waals surface area contributed by atoms with Crippen LogP contribution in [-0.4, -0.2) is 62.7 Å². The van der Waals surface area contributed by atoms with Crippen LogP contribution in [0.3, 0.4) is 0 Å². The average Bonchev–Trinajstić information content (AvgIpc) is 3.08. The molecule has 1 aromatic heterocycles. The number of aliphatic hydroxyl groups is 2. The van der Waals surface area contributed by atoms with Gasteiger partial charge in [-0.1, -0.05) is 30.3 Å². The summed E-state index contributed by atoms with van der Waals surface area (Å²) < 4.78 is 50.2. The van der Waals surface area contributed by atoms with Crippen molar-refractivity contribution in [1.82, 2.24) is 9.13 Å². The minimum Gasteiger partial charge on any atom is -1.00 e. The molecule has 3 unspecified atom stereocenters. The van der Waals surface area contributed by atoms with Crippen LogP contribution < -0.4 is 40.8 Å². The van der Waals surface area contributed by atoms with Crippen LogP contribution in [0.2, 0.25) is 0 Å². The van der Waals surface area contributed by atoms with Gasteiger partial charge in [-0.25, -0.2) is 9.36 Å². The molecule has 0 bridgehead atoms. The molecule has 184 valence electrons. The summed E-state index contributed by atoms with van der Waals surface area (Å²) in [4.78, 5) is 25.7. The summed E-state index contributed by atoms with van der Waals surface area (Å²) in [6.45, 7) is 1.62. The first-order valence-electron chi connectivity index (χ1n) is 10.0. The van der Waals surface area contributed by atoms with Crippen molar-refractivity contribution in [2.24, 2.45) is 0 Å². The van der Waals surface area contributed by atoms with Gasteiger partial charge < -0.3 is 25.9 Å². The number of aromatic nitrogens is 2. The number of ether oxygens (including phenoxy) is 3. The van der Waals surface area contributed by atoms with Crippen LogP contribution in [0, 0.1) is 6.92 Å². The van der Waals surface area contributed by atoms with Gasteiger partial charge in [0.2, 0.25) is 0 Å². The van der Waals surface area contributed by atoms with Crippen molar-refractivity contribution in [2.45, 2.75) is 57.2 Å². The molecule has 1 aromatic carbocycles. The molecule has 1 fully saturated rings. The van der Waals surface area contributed by atoms with Gasteiger partial charge in [0.1, 0.15) is 25.0 Å². The molecular formula is C20H27N2NaO10S. The molecule has 0 spiro atoms. The van der Waals surface area contributed by atoms with Crippen LogP contribution in [0.5, 0.6) is 0 Å². The van der Waals surface area contributed by atoms with Gasteiger partial charge >= 0.3 is 35.2 Å². The van der Waals surface area contributed by atoms with Crippen LogP contribution in [0.15, 0.2) is 46.1 Å². The summed E-state index contributed by atoms with van der Waals surface area (Å²) in [5.74, 6) is 0. The number of aryl methyl sites for hydroxylation is 1. The Morgan fingerprint density at radius 1 is 1.24 bits per heavy atom. The van der Waals surface area contributed by atoms with E-state index in [0.29, 0.717) is 0 Å². The maximum absolute atomic E-state index is 13.1. The van der Waals surface area contributed by atoms with Crippen molar-refractivity contribution in [3.63, 3.8) is 0 Å². The van der Waals surface area contributed by atoms with E-state index in [2.05, 4.69) is 0 Å². The molecule has 34 heavy (non-hydrogen) atoms. The summed E-state index contributed by atoms with van der Waals surface area (Å²) in [7, 11) is -4.63. The Balaban J connectivity index is 0.00000306. The molecule has 2 aromatic rings. The van der Waals surface area contributed by atoms with E-state index in [4.69, 9.17) is 14.2 Å². The molecular weight excluding hydrogens is 483 g/mol. The fourth-order valence-electron chi connectivity index (χ4n) is 3.41. The Labute approximate surface area is 219 Å². The fraction of sp³-hybridized carbons (Fsp3) is 0.500. The van der Waals surface area contributed by atoms with Gasteiger partial charge in [0.15, 0.2) is 11.7 Å². The third-order valence-corrected chi connectivity index (χ3v) is 6.18. The predicted octanol–water partition coefficient (Wildman–Crippen LogP) is -3.52. The van der Waals surface area contributed by atoms with E-state index in [0.717, 1.165) is 21.6 Å². The van der Waals surface area contributed by atoms with Crippen molar-refractivity contribution in [1.29, 1.82) is 0 Å². The minimum atomic E-state index is -4.63. The molecule has 5 atom stereocenters. The normalized spacial score (nSPS) is 23.4. The molecule has 1 saturated heterocycles. The van der Waals surface area contributed by atoms with Crippen molar-refractivity contribution >= 4 is 10.1 Å². The zero-order valence-corrected chi connectivity index (χ0v) is 21.8. The van der Waals surface area contributed by atoms with E-state index >= 15 is 0 Å². The third kappa shape index (κ3) is 6.43. The quantitative estimate of drug-likeness (QED) is 0.227. The minimum absolute atomic E-state index is 0. The Hall–Kier alpha value is -1.39. The van der Waals surface area contributed by atoms with E-state index in [1.165, 1.54) is 13.1 Å². The van der Waals surface area contributed by atoms with Gasteiger partial charge in [-0.15, -0.1) is 0 Å². The van der Waals surface area contributed by atoms with Crippen LogP contribution in [-0.2, 0) is 37.7 Å². The van der Waals surface area contributed by atoms with E-state index < -0.39 is 57.9 Å². The number of aliphatic hydroxyl groups excluding tert-OH is 2. The molecule has 0 amide bonds. The molecule has 0 aliphatic carbocycles. The average molecular weight is 510 g/mol. The number of rotatable bonds is 9. The Morgan fingerprint density at radius 3 is 2.47 bits per heavy atom. The SMILES string of the molecule is Cc1cn([C@H]2O[C@@H](CO)C(O)C2OC(C)S(=O)(=O)O)c(=O)n(COCc2ccccc2)c1=O.[H-].[Na+]. The monoisotopic (exact) mass is 510 g/mol.